The number of carbonyl (C=O) groups excluding carboxylic acids is 2. The van der Waals surface area contributed by atoms with Crippen LogP contribution in [0.15, 0.2) is 30.5 Å². The van der Waals surface area contributed by atoms with Gasteiger partial charge in [0.1, 0.15) is 5.82 Å². The average Bonchev–Trinajstić information content (AvgIpc) is 3.53. The molecule has 1 aromatic carbocycles. The molecule has 2 fully saturated rings. The molecule has 0 bridgehead atoms. The van der Waals surface area contributed by atoms with Crippen LogP contribution in [0.3, 0.4) is 0 Å². The van der Waals surface area contributed by atoms with Gasteiger partial charge in [0.05, 0.1) is 11.3 Å². The number of pyridine rings is 1. The van der Waals surface area contributed by atoms with Crippen LogP contribution in [0.5, 0.6) is 0 Å². The van der Waals surface area contributed by atoms with Crippen molar-refractivity contribution in [2.75, 3.05) is 13.1 Å². The maximum Gasteiger partial charge on any atom is 0.255 e. The summed E-state index contributed by atoms with van der Waals surface area (Å²) in [5.74, 6) is -0.211. The van der Waals surface area contributed by atoms with Gasteiger partial charge in [0.25, 0.3) is 11.8 Å². The van der Waals surface area contributed by atoms with Crippen molar-refractivity contribution >= 4 is 11.8 Å². The smallest absolute Gasteiger partial charge is 0.255 e. The van der Waals surface area contributed by atoms with E-state index in [1.807, 2.05) is 4.90 Å². The van der Waals surface area contributed by atoms with Crippen molar-refractivity contribution in [2.45, 2.75) is 45.6 Å². The summed E-state index contributed by atoms with van der Waals surface area (Å²) >= 11 is 0. The molecular formula is C23H26FN3O2. The second kappa shape index (κ2) is 7.93. The second-order valence-corrected chi connectivity index (χ2v) is 8.31. The third kappa shape index (κ3) is 4.31. The predicted octanol–water partition coefficient (Wildman–Crippen LogP) is 3.96. The zero-order valence-corrected chi connectivity index (χ0v) is 16.9. The highest BCUT2D eigenvalue weighted by atomic mass is 19.1. The molecule has 4 rings (SSSR count). The lowest BCUT2D eigenvalue weighted by Gasteiger charge is -2.30. The van der Waals surface area contributed by atoms with Gasteiger partial charge < -0.3 is 10.2 Å². The van der Waals surface area contributed by atoms with Crippen LogP contribution < -0.4 is 5.32 Å². The van der Waals surface area contributed by atoms with Crippen molar-refractivity contribution in [1.82, 2.24) is 15.2 Å². The molecule has 2 aliphatic rings. The SMILES string of the molecule is Cc1c(F)cc(C(=O)NC2CC2)cc1-c1ccc(C(=O)N2CCCC(C)C2)cn1. The molecule has 1 aliphatic carbocycles. The Kier molecular flexibility index (Phi) is 5.35. The summed E-state index contributed by atoms with van der Waals surface area (Å²) in [5, 5.41) is 2.88. The highest BCUT2D eigenvalue weighted by Crippen LogP contribution is 2.27. The largest absolute Gasteiger partial charge is 0.349 e. The lowest BCUT2D eigenvalue weighted by Crippen LogP contribution is -2.39. The van der Waals surface area contributed by atoms with Gasteiger partial charge in [-0.2, -0.15) is 0 Å². The summed E-state index contributed by atoms with van der Waals surface area (Å²) in [6.45, 7) is 5.37. The molecule has 0 spiro atoms. The Labute approximate surface area is 170 Å². The van der Waals surface area contributed by atoms with E-state index in [0.717, 1.165) is 38.8 Å². The van der Waals surface area contributed by atoms with Crippen LogP contribution in [0.25, 0.3) is 11.3 Å². The predicted molar refractivity (Wildman–Crippen MR) is 109 cm³/mol. The maximum absolute atomic E-state index is 14.5. The first-order valence-electron chi connectivity index (χ1n) is 10.3. The van der Waals surface area contributed by atoms with Gasteiger partial charge in [-0.05, 0) is 68.4 Å². The van der Waals surface area contributed by atoms with Crippen molar-refractivity contribution in [2.24, 2.45) is 5.92 Å². The van der Waals surface area contributed by atoms with E-state index in [-0.39, 0.29) is 17.9 Å². The monoisotopic (exact) mass is 395 g/mol. The molecule has 1 unspecified atom stereocenters. The van der Waals surface area contributed by atoms with Crippen molar-refractivity contribution < 1.29 is 14.0 Å². The Bertz CT molecular complexity index is 938. The number of carbonyl (C=O) groups is 2. The number of hydrogen-bond acceptors (Lipinski definition) is 3. The highest BCUT2D eigenvalue weighted by Gasteiger charge is 2.25. The number of piperidine rings is 1. The molecule has 5 nitrogen and oxygen atoms in total. The molecule has 1 aromatic heterocycles. The number of likely N-dealkylation sites (tertiary alicyclic amines) is 1. The van der Waals surface area contributed by atoms with E-state index in [2.05, 4.69) is 17.2 Å². The molecule has 6 heteroatoms. The Balaban J connectivity index is 1.57. The summed E-state index contributed by atoms with van der Waals surface area (Å²) in [6, 6.07) is 6.61. The molecule has 2 aromatic rings. The van der Waals surface area contributed by atoms with E-state index in [4.69, 9.17) is 0 Å². The summed E-state index contributed by atoms with van der Waals surface area (Å²) in [7, 11) is 0. The van der Waals surface area contributed by atoms with Crippen LogP contribution in [-0.2, 0) is 0 Å². The number of aromatic nitrogens is 1. The van der Waals surface area contributed by atoms with Crippen molar-refractivity contribution in [3.8, 4) is 11.3 Å². The van der Waals surface area contributed by atoms with Crippen molar-refractivity contribution in [1.29, 1.82) is 0 Å². The molecule has 1 N–H and O–H groups in total. The minimum absolute atomic E-state index is 0.0175. The number of hydrogen-bond donors (Lipinski definition) is 1. The zero-order chi connectivity index (χ0) is 20.5. The number of benzene rings is 1. The molecular weight excluding hydrogens is 369 g/mol. The number of rotatable bonds is 4. The van der Waals surface area contributed by atoms with Crippen LogP contribution >= 0.6 is 0 Å². The minimum Gasteiger partial charge on any atom is -0.349 e. The molecule has 1 saturated heterocycles. The second-order valence-electron chi connectivity index (χ2n) is 8.31. The number of nitrogens with one attached hydrogen (secondary N) is 1. The first-order valence-corrected chi connectivity index (χ1v) is 10.3. The fraction of sp³-hybridized carbons (Fsp3) is 0.435. The fourth-order valence-corrected chi connectivity index (χ4v) is 3.81. The Morgan fingerprint density at radius 1 is 1.17 bits per heavy atom. The lowest BCUT2D eigenvalue weighted by molar-refractivity contribution is 0.0682. The van der Waals surface area contributed by atoms with E-state index in [9.17, 15) is 14.0 Å². The van der Waals surface area contributed by atoms with E-state index in [1.54, 1.807) is 31.3 Å². The highest BCUT2D eigenvalue weighted by molar-refractivity contribution is 5.96. The van der Waals surface area contributed by atoms with E-state index in [1.165, 1.54) is 6.07 Å². The standard InChI is InChI=1S/C23H26FN3O2/c1-14-4-3-9-27(13-14)23(29)16-5-8-21(25-12-16)19-10-17(11-20(24)15(19)2)22(28)26-18-6-7-18/h5,8,10-12,14,18H,3-4,6-7,9,13H2,1-2H3,(H,26,28). The van der Waals surface area contributed by atoms with Crippen LogP contribution in [0.4, 0.5) is 4.39 Å². The third-order valence-electron chi connectivity index (χ3n) is 5.75. The van der Waals surface area contributed by atoms with E-state index >= 15 is 0 Å². The molecule has 152 valence electrons. The maximum atomic E-state index is 14.5. The van der Waals surface area contributed by atoms with E-state index in [0.29, 0.717) is 33.9 Å². The fourth-order valence-electron chi connectivity index (χ4n) is 3.81. The first kappa shape index (κ1) is 19.6. The average molecular weight is 395 g/mol. The number of halogens is 1. The van der Waals surface area contributed by atoms with Gasteiger partial charge in [0, 0.05) is 36.5 Å². The van der Waals surface area contributed by atoms with Crippen LogP contribution in [0, 0.1) is 18.7 Å². The molecule has 1 atom stereocenters. The summed E-state index contributed by atoms with van der Waals surface area (Å²) in [5.41, 5.74) is 2.37. The van der Waals surface area contributed by atoms with E-state index < -0.39 is 5.82 Å². The molecule has 0 radical (unpaired) electrons. The lowest BCUT2D eigenvalue weighted by atomic mass is 9.99. The minimum atomic E-state index is -0.437. The van der Waals surface area contributed by atoms with Gasteiger partial charge in [0.15, 0.2) is 0 Å². The van der Waals surface area contributed by atoms with Crippen molar-refractivity contribution in [3.63, 3.8) is 0 Å². The number of amides is 2. The first-order chi connectivity index (χ1) is 13.9. The Hall–Kier alpha value is -2.76. The summed E-state index contributed by atoms with van der Waals surface area (Å²) in [6.07, 6.45) is 5.66. The molecule has 2 amide bonds. The Morgan fingerprint density at radius 3 is 2.62 bits per heavy atom. The van der Waals surface area contributed by atoms with Gasteiger partial charge in [-0.1, -0.05) is 6.92 Å². The van der Waals surface area contributed by atoms with Gasteiger partial charge in [-0.3, -0.25) is 14.6 Å². The normalized spacial score (nSPS) is 19.1. The zero-order valence-electron chi connectivity index (χ0n) is 16.9. The molecule has 1 aliphatic heterocycles. The summed E-state index contributed by atoms with van der Waals surface area (Å²) in [4.78, 5) is 31.4. The van der Waals surface area contributed by atoms with Gasteiger partial charge in [-0.15, -0.1) is 0 Å². The van der Waals surface area contributed by atoms with Gasteiger partial charge in [-0.25, -0.2) is 4.39 Å². The molecule has 1 saturated carbocycles. The van der Waals surface area contributed by atoms with Crippen LogP contribution in [0.1, 0.15) is 58.9 Å². The summed E-state index contributed by atoms with van der Waals surface area (Å²) < 4.78 is 14.5. The van der Waals surface area contributed by atoms with Gasteiger partial charge >= 0.3 is 0 Å². The van der Waals surface area contributed by atoms with Crippen LogP contribution in [-0.4, -0.2) is 40.8 Å². The number of nitrogens with zero attached hydrogens (tertiary/aromatic N) is 2. The quantitative estimate of drug-likeness (QED) is 0.852. The third-order valence-corrected chi connectivity index (χ3v) is 5.75. The molecule has 2 heterocycles. The van der Waals surface area contributed by atoms with Gasteiger partial charge in [0.2, 0.25) is 0 Å². The van der Waals surface area contributed by atoms with Crippen LogP contribution in [0.2, 0.25) is 0 Å². The van der Waals surface area contributed by atoms with Crippen molar-refractivity contribution in [3.05, 3.63) is 53.0 Å². The molecule has 29 heavy (non-hydrogen) atoms. The topological polar surface area (TPSA) is 62.3 Å². The Morgan fingerprint density at radius 2 is 1.97 bits per heavy atom.